The lowest BCUT2D eigenvalue weighted by Gasteiger charge is -2.08. The molecule has 1 aromatic heterocycles. The minimum absolute atomic E-state index is 0.237. The van der Waals surface area contributed by atoms with Crippen LogP contribution in [0.5, 0.6) is 5.75 Å². The van der Waals surface area contributed by atoms with E-state index in [1.807, 2.05) is 18.2 Å². The fraction of sp³-hybridized carbons (Fsp3) is 0.154. The summed E-state index contributed by atoms with van der Waals surface area (Å²) in [5.74, 6) is -0.147. The van der Waals surface area contributed by atoms with Crippen molar-refractivity contribution < 1.29 is 9.13 Å². The summed E-state index contributed by atoms with van der Waals surface area (Å²) in [4.78, 5) is 4.28. The van der Waals surface area contributed by atoms with Crippen molar-refractivity contribution in [3.63, 3.8) is 0 Å². The Morgan fingerprint density at radius 2 is 2.17 bits per heavy atom. The van der Waals surface area contributed by atoms with Crippen molar-refractivity contribution in [1.82, 2.24) is 4.98 Å². The second-order valence-corrected chi connectivity index (χ2v) is 4.47. The Bertz CT molecular complexity index is 548. The van der Waals surface area contributed by atoms with Crippen LogP contribution < -0.4 is 10.1 Å². The molecule has 0 amide bonds. The largest absolute Gasteiger partial charge is 0.494 e. The van der Waals surface area contributed by atoms with E-state index in [1.165, 1.54) is 13.2 Å². The summed E-state index contributed by atoms with van der Waals surface area (Å²) < 4.78 is 19.1. The molecular formula is C13H12BrFN2O. The number of methoxy groups -OCH3 is 1. The van der Waals surface area contributed by atoms with Gasteiger partial charge in [0.25, 0.3) is 0 Å². The Morgan fingerprint density at radius 1 is 1.33 bits per heavy atom. The molecule has 0 radical (unpaired) electrons. The Hall–Kier alpha value is -1.62. The van der Waals surface area contributed by atoms with Gasteiger partial charge in [-0.2, -0.15) is 0 Å². The van der Waals surface area contributed by atoms with Crippen molar-refractivity contribution in [3.8, 4) is 5.75 Å². The fourth-order valence-electron chi connectivity index (χ4n) is 1.52. The lowest BCUT2D eigenvalue weighted by molar-refractivity contribution is 0.386. The molecular weight excluding hydrogens is 299 g/mol. The highest BCUT2D eigenvalue weighted by Gasteiger charge is 2.03. The molecule has 0 saturated carbocycles. The van der Waals surface area contributed by atoms with Crippen molar-refractivity contribution in [1.29, 1.82) is 0 Å². The van der Waals surface area contributed by atoms with Crippen molar-refractivity contribution in [2.24, 2.45) is 0 Å². The maximum Gasteiger partial charge on any atom is 0.167 e. The number of aromatic nitrogens is 1. The zero-order chi connectivity index (χ0) is 13.0. The van der Waals surface area contributed by atoms with Gasteiger partial charge < -0.3 is 10.1 Å². The van der Waals surface area contributed by atoms with E-state index >= 15 is 0 Å². The normalized spacial score (nSPS) is 10.2. The van der Waals surface area contributed by atoms with Crippen LogP contribution in [0, 0.1) is 5.82 Å². The van der Waals surface area contributed by atoms with Crippen molar-refractivity contribution in [3.05, 3.63) is 52.5 Å². The Labute approximate surface area is 113 Å². The molecule has 1 aromatic carbocycles. The summed E-state index contributed by atoms with van der Waals surface area (Å²) in [6.07, 6.45) is 0. The predicted octanol–water partition coefficient (Wildman–Crippen LogP) is 3.60. The molecule has 3 nitrogen and oxygen atoms in total. The second kappa shape index (κ2) is 5.82. The quantitative estimate of drug-likeness (QED) is 0.876. The molecule has 0 bridgehead atoms. The summed E-state index contributed by atoms with van der Waals surface area (Å²) >= 11 is 3.30. The van der Waals surface area contributed by atoms with Gasteiger partial charge in [0.15, 0.2) is 11.6 Å². The van der Waals surface area contributed by atoms with Crippen molar-refractivity contribution in [2.45, 2.75) is 6.54 Å². The first-order chi connectivity index (χ1) is 8.69. The van der Waals surface area contributed by atoms with Gasteiger partial charge in [0.1, 0.15) is 4.60 Å². The van der Waals surface area contributed by atoms with Crippen LogP contribution in [0.3, 0.4) is 0 Å². The van der Waals surface area contributed by atoms with Gasteiger partial charge in [-0.25, -0.2) is 9.37 Å². The molecule has 2 aromatic rings. The van der Waals surface area contributed by atoms with Gasteiger partial charge in [-0.3, -0.25) is 0 Å². The smallest absolute Gasteiger partial charge is 0.167 e. The van der Waals surface area contributed by atoms with Gasteiger partial charge >= 0.3 is 0 Å². The van der Waals surface area contributed by atoms with Crippen LogP contribution in [0.2, 0.25) is 0 Å². The highest BCUT2D eigenvalue weighted by Crippen LogP contribution is 2.21. The van der Waals surface area contributed by atoms with E-state index in [0.29, 0.717) is 12.2 Å². The Morgan fingerprint density at radius 3 is 2.83 bits per heavy atom. The highest BCUT2D eigenvalue weighted by atomic mass is 79.9. The van der Waals surface area contributed by atoms with Crippen LogP contribution in [0.4, 0.5) is 10.1 Å². The van der Waals surface area contributed by atoms with E-state index in [-0.39, 0.29) is 11.6 Å². The average molecular weight is 311 g/mol. The Balaban J connectivity index is 2.04. The number of ether oxygens (including phenoxy) is 1. The third-order valence-corrected chi connectivity index (χ3v) is 2.84. The molecule has 18 heavy (non-hydrogen) atoms. The third-order valence-electron chi connectivity index (χ3n) is 2.40. The van der Waals surface area contributed by atoms with Gasteiger partial charge in [0.2, 0.25) is 0 Å². The van der Waals surface area contributed by atoms with Crippen LogP contribution in [-0.2, 0) is 6.54 Å². The van der Waals surface area contributed by atoms with Crippen LogP contribution >= 0.6 is 15.9 Å². The van der Waals surface area contributed by atoms with Gasteiger partial charge in [-0.15, -0.1) is 0 Å². The van der Waals surface area contributed by atoms with E-state index in [4.69, 9.17) is 4.74 Å². The summed E-state index contributed by atoms with van der Waals surface area (Å²) in [5, 5.41) is 3.10. The van der Waals surface area contributed by atoms with E-state index in [1.54, 1.807) is 12.1 Å². The summed E-state index contributed by atoms with van der Waals surface area (Å²) in [6, 6.07) is 10.4. The summed E-state index contributed by atoms with van der Waals surface area (Å²) in [5.41, 5.74) is 1.57. The van der Waals surface area contributed by atoms with E-state index in [0.717, 1.165) is 10.3 Å². The maximum atomic E-state index is 13.5. The first-order valence-corrected chi connectivity index (χ1v) is 6.17. The molecule has 0 spiro atoms. The molecule has 0 atom stereocenters. The lowest BCUT2D eigenvalue weighted by atomic mass is 10.2. The van der Waals surface area contributed by atoms with E-state index in [2.05, 4.69) is 26.2 Å². The van der Waals surface area contributed by atoms with Gasteiger partial charge in [-0.05, 0) is 40.2 Å². The van der Waals surface area contributed by atoms with Crippen LogP contribution in [0.1, 0.15) is 5.69 Å². The fourth-order valence-corrected chi connectivity index (χ4v) is 1.90. The Kier molecular flexibility index (Phi) is 4.15. The molecule has 1 heterocycles. The number of rotatable bonds is 4. The molecule has 0 aliphatic carbocycles. The molecule has 0 unspecified atom stereocenters. The summed E-state index contributed by atoms with van der Waals surface area (Å²) in [6.45, 7) is 0.533. The monoisotopic (exact) mass is 310 g/mol. The molecule has 5 heteroatoms. The summed E-state index contributed by atoms with van der Waals surface area (Å²) in [7, 11) is 1.44. The zero-order valence-electron chi connectivity index (χ0n) is 9.78. The van der Waals surface area contributed by atoms with Gasteiger partial charge in [0.05, 0.1) is 19.3 Å². The maximum absolute atomic E-state index is 13.5. The number of anilines is 1. The standard InChI is InChI=1S/C13H12BrFN2O/c1-18-12-6-5-9(7-11(12)15)16-8-10-3-2-4-13(14)17-10/h2-7,16H,8H2,1H3. The molecule has 2 rings (SSSR count). The van der Waals surface area contributed by atoms with Crippen molar-refractivity contribution >= 4 is 21.6 Å². The number of nitrogens with zero attached hydrogens (tertiary/aromatic N) is 1. The molecule has 1 N–H and O–H groups in total. The number of hydrogen-bond donors (Lipinski definition) is 1. The number of halogens is 2. The average Bonchev–Trinajstić information content (AvgIpc) is 2.37. The number of nitrogens with one attached hydrogen (secondary N) is 1. The van der Waals surface area contributed by atoms with Crippen molar-refractivity contribution in [2.75, 3.05) is 12.4 Å². The highest BCUT2D eigenvalue weighted by molar-refractivity contribution is 9.10. The van der Waals surface area contributed by atoms with E-state index in [9.17, 15) is 4.39 Å². The van der Waals surface area contributed by atoms with Crippen LogP contribution in [0.15, 0.2) is 41.0 Å². The molecule has 0 aliphatic heterocycles. The van der Waals surface area contributed by atoms with Crippen LogP contribution in [0.25, 0.3) is 0 Å². The SMILES string of the molecule is COc1ccc(NCc2cccc(Br)n2)cc1F. The minimum Gasteiger partial charge on any atom is -0.494 e. The number of hydrogen-bond acceptors (Lipinski definition) is 3. The third kappa shape index (κ3) is 3.20. The number of pyridine rings is 1. The molecule has 94 valence electrons. The molecule has 0 fully saturated rings. The topological polar surface area (TPSA) is 34.1 Å². The predicted molar refractivity (Wildman–Crippen MR) is 72.2 cm³/mol. The zero-order valence-corrected chi connectivity index (χ0v) is 11.4. The molecule has 0 saturated heterocycles. The van der Waals surface area contributed by atoms with Gasteiger partial charge in [0, 0.05) is 11.8 Å². The number of benzene rings is 1. The molecule has 0 aliphatic rings. The first kappa shape index (κ1) is 12.8. The van der Waals surface area contributed by atoms with Gasteiger partial charge in [-0.1, -0.05) is 6.07 Å². The first-order valence-electron chi connectivity index (χ1n) is 5.38. The second-order valence-electron chi connectivity index (χ2n) is 3.65. The minimum atomic E-state index is -0.385. The van der Waals surface area contributed by atoms with E-state index < -0.39 is 0 Å². The van der Waals surface area contributed by atoms with Crippen LogP contribution in [-0.4, -0.2) is 12.1 Å². The lowest BCUT2D eigenvalue weighted by Crippen LogP contribution is -2.02.